The fourth-order valence-electron chi connectivity index (χ4n) is 2.89. The molecule has 0 aliphatic carbocycles. The molecule has 0 radical (unpaired) electrons. The van der Waals surface area contributed by atoms with Gasteiger partial charge in [-0.3, -0.25) is 25.2 Å². The predicted octanol–water partition coefficient (Wildman–Crippen LogP) is 2.44. The molecule has 28 heavy (non-hydrogen) atoms. The number of nitrogens with one attached hydrogen (secondary N) is 4. The number of hydrogen-bond donors (Lipinski definition) is 4. The summed E-state index contributed by atoms with van der Waals surface area (Å²) >= 11 is 3.29. The van der Waals surface area contributed by atoms with E-state index in [1.807, 2.05) is 30.5 Å². The molecule has 7 nitrogen and oxygen atoms in total. The Hall–Kier alpha value is -3.13. The molecule has 0 saturated heterocycles. The number of H-pyrrole nitrogens is 1. The number of carbonyl (C=O) groups excluding carboxylic acids is 3. The number of benzene rings is 2. The lowest BCUT2D eigenvalue weighted by Gasteiger charge is -2.18. The summed E-state index contributed by atoms with van der Waals surface area (Å²) in [5.41, 5.74) is 6.99. The summed E-state index contributed by atoms with van der Waals surface area (Å²) in [6.45, 7) is 1.34. The van der Waals surface area contributed by atoms with E-state index in [0.717, 1.165) is 16.5 Å². The van der Waals surface area contributed by atoms with Crippen LogP contribution in [-0.4, -0.2) is 28.7 Å². The van der Waals surface area contributed by atoms with Crippen LogP contribution in [0.3, 0.4) is 0 Å². The zero-order chi connectivity index (χ0) is 20.1. The van der Waals surface area contributed by atoms with Gasteiger partial charge in [0.1, 0.15) is 6.04 Å². The number of para-hydroxylation sites is 1. The first-order chi connectivity index (χ1) is 13.5. The molecule has 4 N–H and O–H groups in total. The second kappa shape index (κ2) is 8.71. The fraction of sp³-hybridized carbons (Fsp3) is 0.150. The third-order valence-corrected chi connectivity index (χ3v) is 4.90. The van der Waals surface area contributed by atoms with Gasteiger partial charge in [-0.15, -0.1) is 0 Å². The normalized spacial score (nSPS) is 11.6. The molecule has 0 spiro atoms. The van der Waals surface area contributed by atoms with Gasteiger partial charge in [0.2, 0.25) is 5.91 Å². The van der Waals surface area contributed by atoms with Crippen LogP contribution in [-0.2, 0) is 16.0 Å². The number of amides is 3. The second-order valence-corrected chi connectivity index (χ2v) is 7.09. The number of hydrogen-bond acceptors (Lipinski definition) is 3. The van der Waals surface area contributed by atoms with E-state index in [9.17, 15) is 14.4 Å². The van der Waals surface area contributed by atoms with E-state index in [2.05, 4.69) is 37.1 Å². The average molecular weight is 443 g/mol. The minimum Gasteiger partial charge on any atom is -0.361 e. The van der Waals surface area contributed by atoms with Crippen LogP contribution in [0, 0.1) is 0 Å². The number of aromatic amines is 1. The summed E-state index contributed by atoms with van der Waals surface area (Å²) in [6, 6.07) is 13.7. The average Bonchev–Trinajstić information content (AvgIpc) is 3.08. The highest BCUT2D eigenvalue weighted by atomic mass is 79.9. The van der Waals surface area contributed by atoms with Crippen molar-refractivity contribution < 1.29 is 14.4 Å². The van der Waals surface area contributed by atoms with Crippen LogP contribution >= 0.6 is 15.9 Å². The lowest BCUT2D eigenvalue weighted by molar-refractivity contribution is -0.128. The van der Waals surface area contributed by atoms with Crippen LogP contribution in [0.15, 0.2) is 59.2 Å². The molecule has 1 atom stereocenters. The van der Waals surface area contributed by atoms with Crippen LogP contribution in [0.25, 0.3) is 10.9 Å². The summed E-state index contributed by atoms with van der Waals surface area (Å²) in [4.78, 5) is 39.6. The first-order valence-corrected chi connectivity index (χ1v) is 9.42. The topological polar surface area (TPSA) is 103 Å². The van der Waals surface area contributed by atoms with Crippen LogP contribution in [0.2, 0.25) is 0 Å². The van der Waals surface area contributed by atoms with E-state index in [1.54, 1.807) is 24.3 Å². The molecule has 3 aromatic rings. The van der Waals surface area contributed by atoms with Gasteiger partial charge in [-0.2, -0.15) is 0 Å². The smallest absolute Gasteiger partial charge is 0.270 e. The zero-order valence-corrected chi connectivity index (χ0v) is 16.7. The third kappa shape index (κ3) is 4.58. The summed E-state index contributed by atoms with van der Waals surface area (Å²) < 4.78 is 0.610. The predicted molar refractivity (Wildman–Crippen MR) is 109 cm³/mol. The maximum absolute atomic E-state index is 12.6. The van der Waals surface area contributed by atoms with Crippen molar-refractivity contribution in [1.82, 2.24) is 21.2 Å². The highest BCUT2D eigenvalue weighted by molar-refractivity contribution is 9.10. The van der Waals surface area contributed by atoms with Crippen molar-refractivity contribution in [2.75, 3.05) is 0 Å². The minimum absolute atomic E-state index is 0.278. The van der Waals surface area contributed by atoms with E-state index in [-0.39, 0.29) is 12.3 Å². The van der Waals surface area contributed by atoms with Crippen LogP contribution in [0.5, 0.6) is 0 Å². The van der Waals surface area contributed by atoms with Gasteiger partial charge in [0.05, 0.1) is 5.56 Å². The van der Waals surface area contributed by atoms with Crippen LogP contribution in [0.1, 0.15) is 22.8 Å². The van der Waals surface area contributed by atoms with E-state index in [1.165, 1.54) is 6.92 Å². The van der Waals surface area contributed by atoms with Gasteiger partial charge in [-0.1, -0.05) is 30.3 Å². The Morgan fingerprint density at radius 3 is 2.50 bits per heavy atom. The van der Waals surface area contributed by atoms with Gasteiger partial charge in [-0.05, 0) is 39.7 Å². The van der Waals surface area contributed by atoms with Crippen molar-refractivity contribution in [2.45, 2.75) is 19.4 Å². The first kappa shape index (κ1) is 19.6. The highest BCUT2D eigenvalue weighted by Crippen LogP contribution is 2.19. The molecular weight excluding hydrogens is 424 g/mol. The molecule has 8 heteroatoms. The Balaban J connectivity index is 1.70. The molecule has 1 aromatic heterocycles. The molecule has 2 aromatic carbocycles. The van der Waals surface area contributed by atoms with E-state index in [0.29, 0.717) is 10.0 Å². The Bertz CT molecular complexity index is 1030. The van der Waals surface area contributed by atoms with Crippen molar-refractivity contribution in [3.8, 4) is 0 Å². The SMILES string of the molecule is CC(=O)N[C@@H](Cc1c[nH]c2ccccc12)C(=O)NNC(=O)c1ccccc1Br. The van der Waals surface area contributed by atoms with Gasteiger partial charge in [0.25, 0.3) is 11.8 Å². The number of aromatic nitrogens is 1. The lowest BCUT2D eigenvalue weighted by atomic mass is 10.0. The Morgan fingerprint density at radius 1 is 1.04 bits per heavy atom. The third-order valence-electron chi connectivity index (χ3n) is 4.21. The zero-order valence-electron chi connectivity index (χ0n) is 15.1. The second-order valence-electron chi connectivity index (χ2n) is 6.24. The molecule has 3 rings (SSSR count). The van der Waals surface area contributed by atoms with Crippen LogP contribution < -0.4 is 16.2 Å². The Kier molecular flexibility index (Phi) is 6.10. The molecule has 1 heterocycles. The van der Waals surface area contributed by atoms with Gasteiger partial charge in [0, 0.05) is 34.9 Å². The molecule has 144 valence electrons. The number of hydrazine groups is 1. The van der Waals surface area contributed by atoms with E-state index < -0.39 is 17.9 Å². The number of fused-ring (bicyclic) bond motifs is 1. The first-order valence-electron chi connectivity index (χ1n) is 8.62. The van der Waals surface area contributed by atoms with Crippen molar-refractivity contribution in [1.29, 1.82) is 0 Å². The van der Waals surface area contributed by atoms with E-state index >= 15 is 0 Å². The summed E-state index contributed by atoms with van der Waals surface area (Å²) in [5.74, 6) is -1.31. The number of rotatable bonds is 5. The maximum Gasteiger partial charge on any atom is 0.270 e. The van der Waals surface area contributed by atoms with Crippen molar-refractivity contribution in [3.05, 3.63) is 70.3 Å². The molecule has 0 fully saturated rings. The van der Waals surface area contributed by atoms with Gasteiger partial charge >= 0.3 is 0 Å². The van der Waals surface area contributed by atoms with Crippen molar-refractivity contribution >= 4 is 44.6 Å². The standard InChI is InChI=1S/C20H19BrN4O3/c1-12(26)23-18(10-13-11-22-17-9-5-3-6-14(13)17)20(28)25-24-19(27)15-7-2-4-8-16(15)21/h2-9,11,18,22H,10H2,1H3,(H,23,26)(H,24,27)(H,25,28)/t18-/m0/s1. The summed E-state index contributed by atoms with van der Waals surface area (Å²) in [7, 11) is 0. The maximum atomic E-state index is 12.6. The Labute approximate surface area is 170 Å². The minimum atomic E-state index is -0.837. The largest absolute Gasteiger partial charge is 0.361 e. The number of carbonyl (C=O) groups is 3. The van der Waals surface area contributed by atoms with Gasteiger partial charge < -0.3 is 10.3 Å². The Morgan fingerprint density at radius 2 is 1.75 bits per heavy atom. The van der Waals surface area contributed by atoms with E-state index in [4.69, 9.17) is 0 Å². The van der Waals surface area contributed by atoms with Crippen LogP contribution in [0.4, 0.5) is 0 Å². The lowest BCUT2D eigenvalue weighted by Crippen LogP contribution is -2.52. The molecule has 0 saturated carbocycles. The molecule has 0 aliphatic rings. The monoisotopic (exact) mass is 442 g/mol. The molecular formula is C20H19BrN4O3. The molecule has 0 aliphatic heterocycles. The van der Waals surface area contributed by atoms with Gasteiger partial charge in [0.15, 0.2) is 0 Å². The van der Waals surface area contributed by atoms with Crippen molar-refractivity contribution in [2.24, 2.45) is 0 Å². The fourth-order valence-corrected chi connectivity index (χ4v) is 3.36. The molecule has 0 unspecified atom stereocenters. The summed E-state index contributed by atoms with van der Waals surface area (Å²) in [6.07, 6.45) is 2.09. The quantitative estimate of drug-likeness (QED) is 0.456. The van der Waals surface area contributed by atoms with Crippen molar-refractivity contribution in [3.63, 3.8) is 0 Å². The summed E-state index contributed by atoms with van der Waals surface area (Å²) in [5, 5.41) is 3.61. The molecule has 0 bridgehead atoms. The van der Waals surface area contributed by atoms with Gasteiger partial charge in [-0.25, -0.2) is 0 Å². The highest BCUT2D eigenvalue weighted by Gasteiger charge is 2.22. The number of halogens is 1. The molecule has 3 amide bonds.